The van der Waals surface area contributed by atoms with Gasteiger partial charge >= 0.3 is 0 Å². The number of hydrogen-bond acceptors (Lipinski definition) is 2. The molecule has 0 rings (SSSR count). The van der Waals surface area contributed by atoms with E-state index >= 15 is 0 Å². The van der Waals surface area contributed by atoms with Crippen LogP contribution in [0.3, 0.4) is 0 Å². The zero-order valence-electron chi connectivity index (χ0n) is 12.0. The highest BCUT2D eigenvalue weighted by Gasteiger charge is 2.26. The summed E-state index contributed by atoms with van der Waals surface area (Å²) in [6.45, 7) is 13.9. The molecular weight excluding hydrogens is 198 g/mol. The average Bonchev–Trinajstić information content (AvgIpc) is 2.22. The fraction of sp³-hybridized carbons (Fsp3) is 0.929. The molecular formula is C14H29NO. The van der Waals surface area contributed by atoms with Gasteiger partial charge in [0, 0.05) is 5.41 Å². The lowest BCUT2D eigenvalue weighted by Gasteiger charge is -2.28. The van der Waals surface area contributed by atoms with Gasteiger partial charge < -0.3 is 4.84 Å². The van der Waals surface area contributed by atoms with Crippen LogP contribution in [0.2, 0.25) is 0 Å². The summed E-state index contributed by atoms with van der Waals surface area (Å²) >= 11 is 0. The first-order chi connectivity index (χ1) is 7.42. The summed E-state index contributed by atoms with van der Waals surface area (Å²) in [4.78, 5) is 5.37. The largest absolute Gasteiger partial charge is 0.396 e. The highest BCUT2D eigenvalue weighted by atomic mass is 16.6. The van der Waals surface area contributed by atoms with Crippen LogP contribution >= 0.6 is 0 Å². The van der Waals surface area contributed by atoms with Gasteiger partial charge in [0.25, 0.3) is 0 Å². The van der Waals surface area contributed by atoms with Crippen LogP contribution < -0.4 is 0 Å². The minimum Gasteiger partial charge on any atom is -0.396 e. The molecule has 2 nitrogen and oxygen atoms in total. The van der Waals surface area contributed by atoms with Crippen LogP contribution in [0.15, 0.2) is 5.16 Å². The van der Waals surface area contributed by atoms with Gasteiger partial charge in [0.2, 0.25) is 0 Å². The monoisotopic (exact) mass is 227 g/mol. The maximum atomic E-state index is 5.37. The average molecular weight is 227 g/mol. The van der Waals surface area contributed by atoms with E-state index in [2.05, 4.69) is 46.7 Å². The summed E-state index contributed by atoms with van der Waals surface area (Å²) in [6, 6.07) is 0. The van der Waals surface area contributed by atoms with Crippen molar-refractivity contribution in [1.82, 2.24) is 0 Å². The number of nitrogens with zero attached hydrogens (tertiary/aromatic N) is 1. The van der Waals surface area contributed by atoms with Crippen LogP contribution in [-0.4, -0.2) is 12.3 Å². The predicted molar refractivity (Wildman–Crippen MR) is 71.8 cm³/mol. The molecule has 0 aromatic heterocycles. The second-order valence-corrected chi connectivity index (χ2v) is 5.45. The third-order valence-corrected chi connectivity index (χ3v) is 3.67. The summed E-state index contributed by atoms with van der Waals surface area (Å²) in [5.74, 6) is 0.583. The lowest BCUT2D eigenvalue weighted by atomic mass is 9.77. The smallest absolute Gasteiger partial charge is 0.117 e. The standard InChI is InChI=1S/C14H29NO/c1-7-8-9-10-11-16-15-13(4)14(5,6)12(2)3/h12H,7-11H2,1-6H3/b15-13-. The normalized spacial score (nSPS) is 13.3. The van der Waals surface area contributed by atoms with Gasteiger partial charge in [-0.3, -0.25) is 0 Å². The molecule has 0 spiro atoms. The van der Waals surface area contributed by atoms with E-state index in [0.29, 0.717) is 5.92 Å². The molecule has 0 aromatic rings. The molecule has 0 aliphatic heterocycles. The van der Waals surface area contributed by atoms with Crippen molar-refractivity contribution in [1.29, 1.82) is 0 Å². The first-order valence-corrected chi connectivity index (χ1v) is 6.60. The van der Waals surface area contributed by atoms with Gasteiger partial charge in [0.1, 0.15) is 6.61 Å². The molecule has 0 aromatic carbocycles. The summed E-state index contributed by atoms with van der Waals surface area (Å²) in [5.41, 5.74) is 1.22. The van der Waals surface area contributed by atoms with Gasteiger partial charge in [-0.05, 0) is 25.7 Å². The maximum Gasteiger partial charge on any atom is 0.117 e. The maximum absolute atomic E-state index is 5.37. The SMILES string of the molecule is CCCCCCO/N=C(/C)C(C)(C)C(C)C. The van der Waals surface area contributed by atoms with E-state index in [1.165, 1.54) is 19.3 Å². The molecule has 0 saturated carbocycles. The third kappa shape index (κ3) is 5.53. The Kier molecular flexibility index (Phi) is 7.44. The molecule has 96 valence electrons. The van der Waals surface area contributed by atoms with Crippen LogP contribution in [0, 0.1) is 11.3 Å². The Morgan fingerprint density at radius 1 is 1.19 bits per heavy atom. The van der Waals surface area contributed by atoms with Crippen molar-refractivity contribution in [2.45, 2.75) is 67.2 Å². The van der Waals surface area contributed by atoms with Crippen LogP contribution in [0.1, 0.15) is 67.2 Å². The highest BCUT2D eigenvalue weighted by molar-refractivity contribution is 5.87. The molecule has 0 bridgehead atoms. The van der Waals surface area contributed by atoms with Gasteiger partial charge in [0.05, 0.1) is 5.71 Å². The van der Waals surface area contributed by atoms with Gasteiger partial charge in [-0.2, -0.15) is 0 Å². The number of hydrogen-bond donors (Lipinski definition) is 0. The highest BCUT2D eigenvalue weighted by Crippen LogP contribution is 2.27. The van der Waals surface area contributed by atoms with Crippen molar-refractivity contribution in [2.75, 3.05) is 6.61 Å². The second kappa shape index (κ2) is 7.70. The molecule has 0 amide bonds. The zero-order valence-corrected chi connectivity index (χ0v) is 12.0. The molecule has 0 saturated heterocycles. The van der Waals surface area contributed by atoms with Crippen molar-refractivity contribution < 1.29 is 4.84 Å². The molecule has 0 N–H and O–H groups in total. The fourth-order valence-corrected chi connectivity index (χ4v) is 1.27. The van der Waals surface area contributed by atoms with Crippen molar-refractivity contribution in [3.63, 3.8) is 0 Å². The van der Waals surface area contributed by atoms with E-state index in [4.69, 9.17) is 4.84 Å². The van der Waals surface area contributed by atoms with Gasteiger partial charge in [-0.15, -0.1) is 0 Å². The van der Waals surface area contributed by atoms with Crippen molar-refractivity contribution in [3.8, 4) is 0 Å². The first-order valence-electron chi connectivity index (χ1n) is 6.60. The first kappa shape index (κ1) is 15.5. The molecule has 0 atom stereocenters. The van der Waals surface area contributed by atoms with Crippen molar-refractivity contribution in [3.05, 3.63) is 0 Å². The van der Waals surface area contributed by atoms with Crippen molar-refractivity contribution >= 4 is 5.71 Å². The lowest BCUT2D eigenvalue weighted by Crippen LogP contribution is -2.28. The molecule has 16 heavy (non-hydrogen) atoms. The van der Waals surface area contributed by atoms with Crippen LogP contribution in [0.4, 0.5) is 0 Å². The van der Waals surface area contributed by atoms with E-state index in [-0.39, 0.29) is 5.41 Å². The minimum absolute atomic E-state index is 0.128. The summed E-state index contributed by atoms with van der Waals surface area (Å²) in [7, 11) is 0. The van der Waals surface area contributed by atoms with Crippen LogP contribution in [0.25, 0.3) is 0 Å². The van der Waals surface area contributed by atoms with Gasteiger partial charge in [0.15, 0.2) is 0 Å². The molecule has 0 radical (unpaired) electrons. The zero-order chi connectivity index (χ0) is 12.6. The van der Waals surface area contributed by atoms with Crippen LogP contribution in [0.5, 0.6) is 0 Å². The molecule has 0 aliphatic rings. The van der Waals surface area contributed by atoms with Gasteiger partial charge in [-0.1, -0.05) is 52.6 Å². The lowest BCUT2D eigenvalue weighted by molar-refractivity contribution is 0.134. The Labute approximate surface area is 101 Å². The van der Waals surface area contributed by atoms with Crippen molar-refractivity contribution in [2.24, 2.45) is 16.5 Å². The quantitative estimate of drug-likeness (QED) is 0.336. The number of rotatable bonds is 8. The number of unbranched alkanes of at least 4 members (excludes halogenated alkanes) is 3. The summed E-state index contributed by atoms with van der Waals surface area (Å²) in [6.07, 6.45) is 4.93. The topological polar surface area (TPSA) is 21.6 Å². The van der Waals surface area contributed by atoms with Gasteiger partial charge in [-0.25, -0.2) is 0 Å². The van der Waals surface area contributed by atoms with Crippen LogP contribution in [-0.2, 0) is 4.84 Å². The Bertz CT molecular complexity index is 207. The molecule has 0 unspecified atom stereocenters. The molecule has 2 heteroatoms. The molecule has 0 heterocycles. The predicted octanol–water partition coefficient (Wildman–Crippen LogP) is 4.64. The van der Waals surface area contributed by atoms with E-state index in [1.807, 2.05) is 0 Å². The Balaban J connectivity index is 3.87. The van der Waals surface area contributed by atoms with E-state index in [9.17, 15) is 0 Å². The minimum atomic E-state index is 0.128. The number of oxime groups is 1. The van der Waals surface area contributed by atoms with E-state index < -0.39 is 0 Å². The van der Waals surface area contributed by atoms with E-state index in [0.717, 1.165) is 18.7 Å². The summed E-state index contributed by atoms with van der Waals surface area (Å²) < 4.78 is 0. The Morgan fingerprint density at radius 2 is 1.81 bits per heavy atom. The van der Waals surface area contributed by atoms with E-state index in [1.54, 1.807) is 0 Å². The fourth-order valence-electron chi connectivity index (χ4n) is 1.27. The second-order valence-electron chi connectivity index (χ2n) is 5.45. The third-order valence-electron chi connectivity index (χ3n) is 3.67. The Morgan fingerprint density at radius 3 is 2.31 bits per heavy atom. The molecule has 0 aliphatic carbocycles. The summed E-state index contributed by atoms with van der Waals surface area (Å²) in [5, 5.41) is 4.23. The Hall–Kier alpha value is -0.530. The molecule has 0 fully saturated rings.